The van der Waals surface area contributed by atoms with Crippen LogP contribution >= 0.6 is 11.3 Å². The highest BCUT2D eigenvalue weighted by Crippen LogP contribution is 2.32. The van der Waals surface area contributed by atoms with Crippen molar-refractivity contribution in [3.8, 4) is 10.4 Å². The van der Waals surface area contributed by atoms with E-state index in [4.69, 9.17) is 0 Å². The zero-order valence-electron chi connectivity index (χ0n) is 20.5. The number of anilines is 2. The average Bonchev–Trinajstić information content (AvgIpc) is 3.55. The van der Waals surface area contributed by atoms with Gasteiger partial charge in [0, 0.05) is 65.7 Å². The van der Waals surface area contributed by atoms with E-state index in [1.807, 2.05) is 4.52 Å². The Kier molecular flexibility index (Phi) is 5.85. The smallest absolute Gasteiger partial charge is 0.225 e. The second-order valence-corrected chi connectivity index (χ2v) is 10.7. The minimum absolute atomic E-state index is 0.344. The van der Waals surface area contributed by atoms with Gasteiger partial charge in [0.2, 0.25) is 5.95 Å². The number of fused-ring (bicyclic) bond motifs is 1. The summed E-state index contributed by atoms with van der Waals surface area (Å²) in [4.78, 5) is 20.6. The fourth-order valence-corrected chi connectivity index (χ4v) is 5.53. The van der Waals surface area contributed by atoms with Crippen LogP contribution in [0.25, 0.3) is 16.0 Å². The monoisotopic (exact) mass is 515 g/mol. The molecule has 8 nitrogen and oxygen atoms in total. The fraction of sp³-hybridized carbons (Fsp3) is 0.259. The molecular formula is C27H26FN7OS. The Morgan fingerprint density at radius 3 is 2.30 bits per heavy atom. The van der Waals surface area contributed by atoms with Crippen LogP contribution in [0.2, 0.25) is 0 Å². The largest absolute Gasteiger partial charge is 0.381 e. The quantitative estimate of drug-likeness (QED) is 0.374. The first-order valence-electron chi connectivity index (χ1n) is 12.1. The van der Waals surface area contributed by atoms with Gasteiger partial charge in [0.1, 0.15) is 23.3 Å². The van der Waals surface area contributed by atoms with Crippen LogP contribution in [-0.4, -0.2) is 55.9 Å². The van der Waals surface area contributed by atoms with Crippen LogP contribution in [0.5, 0.6) is 0 Å². The Morgan fingerprint density at radius 2 is 1.62 bits per heavy atom. The lowest BCUT2D eigenvalue weighted by atomic mass is 9.90. The number of hydrogen-bond acceptors (Lipinski definition) is 8. The number of thiophene rings is 1. The Labute approximate surface area is 217 Å². The van der Waals surface area contributed by atoms with Crippen molar-refractivity contribution in [1.29, 1.82) is 0 Å². The molecule has 5 heterocycles. The van der Waals surface area contributed by atoms with Gasteiger partial charge in [-0.25, -0.2) is 23.9 Å². The van der Waals surface area contributed by atoms with Crippen molar-refractivity contribution in [1.82, 2.24) is 24.6 Å². The highest BCUT2D eigenvalue weighted by molar-refractivity contribution is 7.15. The highest BCUT2D eigenvalue weighted by Gasteiger charge is 2.28. The number of nitrogens with zero attached hydrogens (tertiary/aromatic N) is 7. The van der Waals surface area contributed by atoms with E-state index in [1.165, 1.54) is 21.9 Å². The Morgan fingerprint density at radius 1 is 0.919 bits per heavy atom. The van der Waals surface area contributed by atoms with E-state index in [0.717, 1.165) is 43.1 Å². The van der Waals surface area contributed by atoms with Crippen LogP contribution in [0.3, 0.4) is 0 Å². The highest BCUT2D eigenvalue weighted by atomic mass is 32.1. The van der Waals surface area contributed by atoms with Crippen LogP contribution in [-0.2, 0) is 5.60 Å². The van der Waals surface area contributed by atoms with Crippen molar-refractivity contribution < 1.29 is 9.50 Å². The van der Waals surface area contributed by atoms with Crippen molar-refractivity contribution >= 4 is 28.6 Å². The third kappa shape index (κ3) is 4.42. The number of piperazine rings is 1. The summed E-state index contributed by atoms with van der Waals surface area (Å²) >= 11 is 1.77. The number of aryl methyl sites for hydroxylation is 1. The molecule has 1 atom stereocenters. The lowest BCUT2D eigenvalue weighted by molar-refractivity contribution is 0.101. The first-order valence-corrected chi connectivity index (χ1v) is 12.9. The van der Waals surface area contributed by atoms with Crippen LogP contribution in [0.1, 0.15) is 22.9 Å². The molecule has 0 saturated carbocycles. The van der Waals surface area contributed by atoms with Gasteiger partial charge in [-0.1, -0.05) is 12.1 Å². The van der Waals surface area contributed by atoms with Crippen molar-refractivity contribution in [3.63, 3.8) is 0 Å². The summed E-state index contributed by atoms with van der Waals surface area (Å²) in [6.45, 7) is 6.78. The molecule has 37 heavy (non-hydrogen) atoms. The number of hydrogen-bond donors (Lipinski definition) is 1. The molecule has 0 radical (unpaired) electrons. The molecule has 0 unspecified atom stereocenters. The minimum Gasteiger partial charge on any atom is -0.381 e. The number of aromatic nitrogens is 5. The van der Waals surface area contributed by atoms with Gasteiger partial charge in [0.15, 0.2) is 5.82 Å². The summed E-state index contributed by atoms with van der Waals surface area (Å²) in [6, 6.07) is 12.2. The maximum Gasteiger partial charge on any atom is 0.225 e. The third-order valence-corrected chi connectivity index (χ3v) is 7.93. The van der Waals surface area contributed by atoms with E-state index in [9.17, 15) is 9.50 Å². The normalized spacial score (nSPS) is 15.8. The molecule has 1 aromatic carbocycles. The summed E-state index contributed by atoms with van der Waals surface area (Å²) in [6.07, 6.45) is 6.94. The van der Waals surface area contributed by atoms with Crippen LogP contribution in [0.4, 0.5) is 16.2 Å². The second kappa shape index (κ2) is 9.20. The number of rotatable bonds is 5. The van der Waals surface area contributed by atoms with Crippen molar-refractivity contribution in [2.75, 3.05) is 36.0 Å². The first kappa shape index (κ1) is 23.5. The van der Waals surface area contributed by atoms with Crippen LogP contribution < -0.4 is 9.80 Å². The van der Waals surface area contributed by atoms with Crippen LogP contribution in [0, 0.1) is 12.7 Å². The van der Waals surface area contributed by atoms with Gasteiger partial charge < -0.3 is 14.9 Å². The standard InChI is InChI=1S/C27H26FN7OS/c1-18-3-8-24(37-18)19-13-23-25(31-17-32-35(23)16-19)33-9-11-34(12-10-33)26-29-14-21(15-30-26)27(2,36)20-4-6-22(28)7-5-20/h3-8,13-17,36H,9-12H2,1-2H3/t27-/m0/s1. The molecule has 10 heteroatoms. The first-order chi connectivity index (χ1) is 17.9. The van der Waals surface area contributed by atoms with Gasteiger partial charge in [-0.05, 0) is 49.7 Å². The average molecular weight is 516 g/mol. The molecule has 4 aromatic heterocycles. The van der Waals surface area contributed by atoms with Crippen molar-refractivity contribution in [3.05, 3.63) is 89.2 Å². The van der Waals surface area contributed by atoms with Gasteiger partial charge in [0.05, 0.1) is 0 Å². The van der Waals surface area contributed by atoms with Crippen molar-refractivity contribution in [2.45, 2.75) is 19.4 Å². The summed E-state index contributed by atoms with van der Waals surface area (Å²) in [5, 5.41) is 15.5. The van der Waals surface area contributed by atoms with E-state index >= 15 is 0 Å². The lowest BCUT2D eigenvalue weighted by Gasteiger charge is -2.35. The summed E-state index contributed by atoms with van der Waals surface area (Å²) in [5.74, 6) is 1.19. The number of benzene rings is 1. The zero-order chi connectivity index (χ0) is 25.6. The van der Waals surface area contributed by atoms with E-state index < -0.39 is 5.60 Å². The van der Waals surface area contributed by atoms with Crippen molar-refractivity contribution in [2.24, 2.45) is 0 Å². The molecule has 0 spiro atoms. The minimum atomic E-state index is -1.32. The van der Waals surface area contributed by atoms with E-state index in [0.29, 0.717) is 17.1 Å². The third-order valence-electron chi connectivity index (χ3n) is 6.88. The maximum atomic E-state index is 13.3. The van der Waals surface area contributed by atoms with Gasteiger partial charge >= 0.3 is 0 Å². The van der Waals surface area contributed by atoms with Gasteiger partial charge in [-0.15, -0.1) is 11.3 Å². The lowest BCUT2D eigenvalue weighted by Crippen LogP contribution is -2.47. The molecular weight excluding hydrogens is 489 g/mol. The molecule has 1 saturated heterocycles. The Balaban J connectivity index is 1.17. The predicted molar refractivity (Wildman–Crippen MR) is 143 cm³/mol. The predicted octanol–water partition coefficient (Wildman–Crippen LogP) is 4.28. The SMILES string of the molecule is Cc1ccc(-c2cc3c(N4CCN(c5ncc([C@@](C)(O)c6ccc(F)cc6)cn5)CC4)ncnn3c2)s1. The molecule has 5 aromatic rings. The summed E-state index contributed by atoms with van der Waals surface area (Å²) < 4.78 is 15.2. The number of aliphatic hydroxyl groups is 1. The number of halogens is 1. The zero-order valence-corrected chi connectivity index (χ0v) is 21.4. The molecule has 0 bridgehead atoms. The fourth-order valence-electron chi connectivity index (χ4n) is 4.68. The Bertz CT molecular complexity index is 1540. The Hall–Kier alpha value is -3.89. The van der Waals surface area contributed by atoms with Gasteiger partial charge in [-0.3, -0.25) is 0 Å². The molecule has 1 aliphatic rings. The van der Waals surface area contributed by atoms with E-state index in [1.54, 1.807) is 49.1 Å². The second-order valence-electron chi connectivity index (χ2n) is 9.38. The van der Waals surface area contributed by atoms with Crippen LogP contribution in [0.15, 0.2) is 67.4 Å². The van der Waals surface area contributed by atoms with Gasteiger partial charge in [-0.2, -0.15) is 5.10 Å². The summed E-state index contributed by atoms with van der Waals surface area (Å²) in [5.41, 5.74) is 1.94. The van der Waals surface area contributed by atoms with Gasteiger partial charge in [0.25, 0.3) is 0 Å². The molecule has 1 N–H and O–H groups in total. The topological polar surface area (TPSA) is 82.7 Å². The maximum absolute atomic E-state index is 13.3. The molecule has 1 fully saturated rings. The molecule has 6 rings (SSSR count). The van der Waals surface area contributed by atoms with E-state index in [-0.39, 0.29) is 5.82 Å². The summed E-state index contributed by atoms with van der Waals surface area (Å²) in [7, 11) is 0. The molecule has 0 amide bonds. The molecule has 188 valence electrons. The van der Waals surface area contributed by atoms with E-state index in [2.05, 4.69) is 61.2 Å². The molecule has 1 aliphatic heterocycles. The molecule has 0 aliphatic carbocycles.